The molecule has 1 aliphatic rings. The van der Waals surface area contributed by atoms with Gasteiger partial charge in [0.15, 0.2) is 0 Å². The summed E-state index contributed by atoms with van der Waals surface area (Å²) in [4.78, 5) is 38.0. The fourth-order valence-corrected chi connectivity index (χ4v) is 2.33. The maximum absolute atomic E-state index is 12.1. The molecule has 23 heavy (non-hydrogen) atoms. The Hall–Kier alpha value is -3.30. The third kappa shape index (κ3) is 2.73. The maximum Gasteiger partial charge on any atom is 0.269 e. The predicted octanol–water partition coefficient (Wildman–Crippen LogP) is 1.02. The van der Waals surface area contributed by atoms with Crippen LogP contribution in [0.3, 0.4) is 0 Å². The van der Waals surface area contributed by atoms with E-state index in [2.05, 4.69) is 20.7 Å². The van der Waals surface area contributed by atoms with Crippen LogP contribution in [-0.4, -0.2) is 31.5 Å². The van der Waals surface area contributed by atoms with Crippen LogP contribution >= 0.6 is 0 Å². The number of rotatable bonds is 4. The monoisotopic (exact) mass is 316 g/mol. The zero-order valence-electron chi connectivity index (χ0n) is 12.0. The molecule has 2 aromatic rings. The lowest BCUT2D eigenvalue weighted by molar-refractivity contribution is -0.384. The molecule has 1 atom stereocenters. The number of carbonyl (C=O) groups excluding carboxylic acids is 2. The molecule has 0 radical (unpaired) electrons. The van der Waals surface area contributed by atoms with Crippen LogP contribution in [0, 0.1) is 17.0 Å². The van der Waals surface area contributed by atoms with E-state index in [1.54, 1.807) is 6.92 Å². The number of nitrogens with one attached hydrogen (secondary N) is 2. The van der Waals surface area contributed by atoms with E-state index in [1.807, 2.05) is 0 Å². The molecule has 118 valence electrons. The van der Waals surface area contributed by atoms with Gasteiger partial charge in [0, 0.05) is 17.8 Å². The smallest absolute Gasteiger partial charge is 0.269 e. The number of nitro benzene ring substituents is 1. The molecule has 1 aliphatic heterocycles. The number of fused-ring (bicyclic) bond motifs is 1. The number of non-ortho nitro benzene ring substituents is 1. The quantitative estimate of drug-likeness (QED) is 0.639. The van der Waals surface area contributed by atoms with Crippen LogP contribution in [0.25, 0.3) is 0 Å². The summed E-state index contributed by atoms with van der Waals surface area (Å²) in [6.45, 7) is 1.65. The minimum absolute atomic E-state index is 0.0528. The predicted molar refractivity (Wildman–Crippen MR) is 78.8 cm³/mol. The van der Waals surface area contributed by atoms with Crippen molar-refractivity contribution >= 4 is 29.1 Å². The minimum Gasteiger partial charge on any atom is -0.326 e. The summed E-state index contributed by atoms with van der Waals surface area (Å²) in [5, 5.41) is 19.8. The Morgan fingerprint density at radius 3 is 3.00 bits per heavy atom. The third-order valence-electron chi connectivity index (χ3n) is 3.48. The van der Waals surface area contributed by atoms with E-state index in [0.717, 1.165) is 0 Å². The van der Waals surface area contributed by atoms with Gasteiger partial charge in [0.05, 0.1) is 11.3 Å². The van der Waals surface area contributed by atoms with Crippen molar-refractivity contribution < 1.29 is 14.5 Å². The first-order valence-corrected chi connectivity index (χ1v) is 6.71. The zero-order chi connectivity index (χ0) is 16.6. The molecule has 10 nitrogen and oxygen atoms in total. The molecule has 2 N–H and O–H groups in total. The number of aromatic nitrogens is 3. The molecule has 0 spiro atoms. The van der Waals surface area contributed by atoms with Gasteiger partial charge in [-0.3, -0.25) is 25.0 Å². The molecule has 0 saturated heterocycles. The SMILES string of the molecule is Cc1cc([N+](=O)[O-])ccc1NC(=O)C[C@@H]1C(=O)Nc2ncnn21. The lowest BCUT2D eigenvalue weighted by atomic mass is 10.1. The van der Waals surface area contributed by atoms with E-state index in [9.17, 15) is 19.7 Å². The minimum atomic E-state index is -0.758. The average molecular weight is 316 g/mol. The van der Waals surface area contributed by atoms with E-state index in [4.69, 9.17) is 0 Å². The van der Waals surface area contributed by atoms with E-state index < -0.39 is 16.9 Å². The van der Waals surface area contributed by atoms with Crippen molar-refractivity contribution in [1.29, 1.82) is 0 Å². The van der Waals surface area contributed by atoms with Crippen molar-refractivity contribution in [2.45, 2.75) is 19.4 Å². The van der Waals surface area contributed by atoms with Crippen molar-refractivity contribution in [1.82, 2.24) is 14.8 Å². The summed E-state index contributed by atoms with van der Waals surface area (Å²) in [6.07, 6.45) is 1.18. The van der Waals surface area contributed by atoms with Crippen molar-refractivity contribution in [2.75, 3.05) is 10.6 Å². The van der Waals surface area contributed by atoms with Gasteiger partial charge in [-0.1, -0.05) is 0 Å². The molecule has 0 bridgehead atoms. The standard InChI is InChI=1S/C13H12N6O4/c1-7-4-8(19(22)23)2-3-9(7)16-11(20)5-10-12(21)17-13-14-6-15-18(10)13/h2-4,6,10H,5H2,1H3,(H,16,20)(H,14,15,17,21)/t10-/m1/s1. The number of amides is 2. The Morgan fingerprint density at radius 2 is 2.30 bits per heavy atom. The number of hydrogen-bond acceptors (Lipinski definition) is 6. The number of nitro groups is 1. The van der Waals surface area contributed by atoms with Crippen LogP contribution in [0.4, 0.5) is 17.3 Å². The second-order valence-corrected chi connectivity index (χ2v) is 5.04. The first-order chi connectivity index (χ1) is 11.0. The molecule has 1 aromatic heterocycles. The first kappa shape index (κ1) is 14.6. The van der Waals surface area contributed by atoms with Gasteiger partial charge in [0.2, 0.25) is 11.9 Å². The molecule has 1 aromatic carbocycles. The highest BCUT2D eigenvalue weighted by atomic mass is 16.6. The van der Waals surface area contributed by atoms with Crippen LogP contribution in [0.5, 0.6) is 0 Å². The van der Waals surface area contributed by atoms with Crippen molar-refractivity contribution in [3.8, 4) is 0 Å². The summed E-state index contributed by atoms with van der Waals surface area (Å²) in [5.41, 5.74) is 0.964. The van der Waals surface area contributed by atoms with Gasteiger partial charge in [0.25, 0.3) is 11.6 Å². The molecule has 0 fully saturated rings. The summed E-state index contributed by atoms with van der Waals surface area (Å²) in [6, 6.07) is 3.38. The number of hydrogen-bond donors (Lipinski definition) is 2. The second-order valence-electron chi connectivity index (χ2n) is 5.04. The highest BCUT2D eigenvalue weighted by Gasteiger charge is 2.33. The molecule has 10 heteroatoms. The highest BCUT2D eigenvalue weighted by Crippen LogP contribution is 2.25. The fraction of sp³-hybridized carbons (Fsp3) is 0.231. The Balaban J connectivity index is 1.71. The Labute approximate surface area is 129 Å². The number of nitrogens with zero attached hydrogens (tertiary/aromatic N) is 4. The lowest BCUT2D eigenvalue weighted by Crippen LogP contribution is -2.23. The zero-order valence-corrected chi connectivity index (χ0v) is 12.0. The van der Waals surface area contributed by atoms with Crippen LogP contribution in [0.2, 0.25) is 0 Å². The number of aryl methyl sites for hydroxylation is 1. The molecule has 2 amide bonds. The summed E-state index contributed by atoms with van der Waals surface area (Å²) < 4.78 is 1.35. The van der Waals surface area contributed by atoms with Crippen LogP contribution in [0.15, 0.2) is 24.5 Å². The number of benzene rings is 1. The average Bonchev–Trinajstić information content (AvgIpc) is 3.04. The number of anilines is 2. The summed E-state index contributed by atoms with van der Waals surface area (Å²) in [7, 11) is 0. The maximum atomic E-state index is 12.1. The van der Waals surface area contributed by atoms with E-state index >= 15 is 0 Å². The Morgan fingerprint density at radius 1 is 1.52 bits per heavy atom. The molecule has 2 heterocycles. The van der Waals surface area contributed by atoms with Gasteiger partial charge in [-0.2, -0.15) is 10.1 Å². The Bertz CT molecular complexity index is 815. The molecule has 0 saturated carbocycles. The summed E-state index contributed by atoms with van der Waals surface area (Å²) in [5.74, 6) is -0.444. The largest absolute Gasteiger partial charge is 0.326 e. The fourth-order valence-electron chi connectivity index (χ4n) is 2.33. The van der Waals surface area contributed by atoms with Gasteiger partial charge >= 0.3 is 0 Å². The topological polar surface area (TPSA) is 132 Å². The molecular formula is C13H12N6O4. The van der Waals surface area contributed by atoms with Crippen molar-refractivity contribution in [3.05, 3.63) is 40.2 Å². The van der Waals surface area contributed by atoms with Crippen molar-refractivity contribution in [3.63, 3.8) is 0 Å². The van der Waals surface area contributed by atoms with Crippen LogP contribution in [-0.2, 0) is 9.59 Å². The molecule has 3 rings (SSSR count). The van der Waals surface area contributed by atoms with Gasteiger partial charge in [-0.15, -0.1) is 0 Å². The normalized spacial score (nSPS) is 15.9. The van der Waals surface area contributed by atoms with E-state index in [0.29, 0.717) is 17.2 Å². The second kappa shape index (κ2) is 5.48. The van der Waals surface area contributed by atoms with Crippen molar-refractivity contribution in [2.24, 2.45) is 0 Å². The molecule has 0 unspecified atom stereocenters. The summed E-state index contributed by atoms with van der Waals surface area (Å²) >= 11 is 0. The van der Waals surface area contributed by atoms with E-state index in [-0.39, 0.29) is 18.0 Å². The third-order valence-corrected chi connectivity index (χ3v) is 3.48. The lowest BCUT2D eigenvalue weighted by Gasteiger charge is -2.11. The van der Waals surface area contributed by atoms with Gasteiger partial charge < -0.3 is 5.32 Å². The van der Waals surface area contributed by atoms with Gasteiger partial charge in [-0.25, -0.2) is 4.68 Å². The van der Waals surface area contributed by atoms with E-state index in [1.165, 1.54) is 29.2 Å². The van der Waals surface area contributed by atoms with Gasteiger partial charge in [-0.05, 0) is 18.6 Å². The van der Waals surface area contributed by atoms with Gasteiger partial charge in [0.1, 0.15) is 12.4 Å². The van der Waals surface area contributed by atoms with Crippen LogP contribution in [0.1, 0.15) is 18.0 Å². The molecular weight excluding hydrogens is 304 g/mol. The molecule has 0 aliphatic carbocycles. The number of carbonyl (C=O) groups is 2. The Kier molecular flexibility index (Phi) is 3.48. The highest BCUT2D eigenvalue weighted by molar-refractivity contribution is 6.01. The van der Waals surface area contributed by atoms with Crippen LogP contribution < -0.4 is 10.6 Å². The first-order valence-electron chi connectivity index (χ1n) is 6.71.